The van der Waals surface area contributed by atoms with Crippen LogP contribution in [0.1, 0.15) is 29.8 Å². The van der Waals surface area contributed by atoms with E-state index in [1.54, 1.807) is 18.2 Å². The number of Topliss-reactive ketones (excluding diaryl/α,β-unsaturated/α-hetero) is 1. The molecule has 2 aromatic carbocycles. The Balaban J connectivity index is 1.71. The van der Waals surface area contributed by atoms with Crippen molar-refractivity contribution in [2.45, 2.75) is 30.7 Å². The van der Waals surface area contributed by atoms with Crippen LogP contribution in [0.4, 0.5) is 4.39 Å². The number of benzene rings is 2. The monoisotopic (exact) mass is 355 g/mol. The molecule has 0 aliphatic rings. The predicted octanol–water partition coefficient (Wildman–Crippen LogP) is 4.54. The molecule has 0 saturated heterocycles. The highest BCUT2D eigenvalue weighted by Crippen LogP contribution is 2.26. The normalized spacial score (nSPS) is 12.1. The molecule has 1 N–H and O–H groups in total. The summed E-state index contributed by atoms with van der Waals surface area (Å²) in [6.45, 7) is 3.89. The molecular formula is C19H18FN3OS. The summed E-state index contributed by atoms with van der Waals surface area (Å²) >= 11 is 1.25. The third kappa shape index (κ3) is 3.96. The van der Waals surface area contributed by atoms with Crippen molar-refractivity contribution in [3.63, 3.8) is 0 Å². The number of aromatic nitrogens is 3. The highest BCUT2D eigenvalue weighted by molar-refractivity contribution is 8.00. The second-order valence-corrected chi connectivity index (χ2v) is 6.93. The maximum absolute atomic E-state index is 13.8. The number of nitrogens with one attached hydrogen (secondary N) is 1. The summed E-state index contributed by atoms with van der Waals surface area (Å²) in [6.07, 6.45) is 0.939. The van der Waals surface area contributed by atoms with Gasteiger partial charge in [0.2, 0.25) is 5.16 Å². The Bertz CT molecular complexity index is 876. The molecule has 0 bridgehead atoms. The molecule has 1 atom stereocenters. The third-order valence-corrected chi connectivity index (χ3v) is 4.85. The fraction of sp³-hybridized carbons (Fsp3) is 0.211. The number of H-pyrrole nitrogens is 1. The van der Waals surface area contributed by atoms with Gasteiger partial charge in [-0.15, -0.1) is 5.10 Å². The summed E-state index contributed by atoms with van der Waals surface area (Å²) in [5.41, 5.74) is 2.22. The van der Waals surface area contributed by atoms with Crippen molar-refractivity contribution in [1.82, 2.24) is 15.2 Å². The minimum absolute atomic E-state index is 0.0184. The van der Waals surface area contributed by atoms with Crippen molar-refractivity contribution in [2.24, 2.45) is 0 Å². The number of ketones is 1. The van der Waals surface area contributed by atoms with E-state index in [9.17, 15) is 9.18 Å². The van der Waals surface area contributed by atoms with Gasteiger partial charge in [-0.3, -0.25) is 9.89 Å². The maximum Gasteiger partial charge on any atom is 0.209 e. The molecule has 0 aliphatic heterocycles. The molecule has 0 fully saturated rings. The molecular weight excluding hydrogens is 337 g/mol. The van der Waals surface area contributed by atoms with Crippen LogP contribution >= 0.6 is 11.8 Å². The lowest BCUT2D eigenvalue weighted by molar-refractivity contribution is 0.0994. The third-order valence-electron chi connectivity index (χ3n) is 3.89. The second-order valence-electron chi connectivity index (χ2n) is 5.62. The molecule has 6 heteroatoms. The molecule has 0 spiro atoms. The van der Waals surface area contributed by atoms with Crippen LogP contribution < -0.4 is 0 Å². The van der Waals surface area contributed by atoms with Crippen LogP contribution in [0.25, 0.3) is 11.4 Å². The van der Waals surface area contributed by atoms with E-state index in [0.717, 1.165) is 6.42 Å². The number of thioether (sulfide) groups is 1. The lowest BCUT2D eigenvalue weighted by atomic mass is 10.1. The fourth-order valence-corrected chi connectivity index (χ4v) is 3.23. The number of carbonyl (C=O) groups is 1. The van der Waals surface area contributed by atoms with Gasteiger partial charge in [0.1, 0.15) is 5.82 Å². The topological polar surface area (TPSA) is 58.6 Å². The van der Waals surface area contributed by atoms with E-state index >= 15 is 0 Å². The van der Waals surface area contributed by atoms with Gasteiger partial charge in [0.25, 0.3) is 0 Å². The summed E-state index contributed by atoms with van der Waals surface area (Å²) in [4.78, 5) is 16.8. The van der Waals surface area contributed by atoms with Gasteiger partial charge < -0.3 is 0 Å². The van der Waals surface area contributed by atoms with Gasteiger partial charge in [-0.1, -0.05) is 55.1 Å². The van der Waals surface area contributed by atoms with E-state index in [-0.39, 0.29) is 16.9 Å². The van der Waals surface area contributed by atoms with Crippen LogP contribution in [0.2, 0.25) is 0 Å². The number of hydrogen-bond donors (Lipinski definition) is 1. The Kier molecular flexibility index (Phi) is 5.28. The van der Waals surface area contributed by atoms with Crippen LogP contribution in [0.3, 0.4) is 0 Å². The van der Waals surface area contributed by atoms with E-state index in [0.29, 0.717) is 22.1 Å². The number of carbonyl (C=O) groups excluding carboxylic acids is 1. The number of rotatable bonds is 6. The summed E-state index contributed by atoms with van der Waals surface area (Å²) in [7, 11) is 0. The first-order valence-electron chi connectivity index (χ1n) is 8.05. The van der Waals surface area contributed by atoms with Gasteiger partial charge in [-0.05, 0) is 31.0 Å². The van der Waals surface area contributed by atoms with Crippen molar-refractivity contribution >= 4 is 17.5 Å². The summed E-state index contributed by atoms with van der Waals surface area (Å²) in [5, 5.41) is 6.90. The Labute approximate surface area is 149 Å². The zero-order valence-electron chi connectivity index (χ0n) is 14.0. The predicted molar refractivity (Wildman–Crippen MR) is 97.2 cm³/mol. The van der Waals surface area contributed by atoms with Crippen molar-refractivity contribution in [3.05, 3.63) is 65.5 Å². The van der Waals surface area contributed by atoms with Gasteiger partial charge in [0, 0.05) is 5.56 Å². The molecule has 1 heterocycles. The first-order valence-corrected chi connectivity index (χ1v) is 8.93. The average molecular weight is 355 g/mol. The lowest BCUT2D eigenvalue weighted by Gasteiger charge is -2.08. The van der Waals surface area contributed by atoms with E-state index in [2.05, 4.69) is 22.1 Å². The summed E-state index contributed by atoms with van der Waals surface area (Å²) in [6, 6.07) is 14.0. The quantitative estimate of drug-likeness (QED) is 0.521. The van der Waals surface area contributed by atoms with E-state index in [4.69, 9.17) is 0 Å². The minimum Gasteiger partial charge on any atom is -0.293 e. The van der Waals surface area contributed by atoms with Gasteiger partial charge >= 0.3 is 0 Å². The van der Waals surface area contributed by atoms with Crippen molar-refractivity contribution in [2.75, 3.05) is 0 Å². The summed E-state index contributed by atoms with van der Waals surface area (Å²) < 4.78 is 13.8. The van der Waals surface area contributed by atoms with Crippen molar-refractivity contribution in [3.8, 4) is 11.4 Å². The van der Waals surface area contributed by atoms with E-state index in [1.165, 1.54) is 23.4 Å². The van der Waals surface area contributed by atoms with Gasteiger partial charge in [0.15, 0.2) is 11.6 Å². The molecule has 0 amide bonds. The van der Waals surface area contributed by atoms with Crippen LogP contribution in [-0.2, 0) is 6.42 Å². The van der Waals surface area contributed by atoms with Crippen molar-refractivity contribution in [1.29, 1.82) is 0 Å². The van der Waals surface area contributed by atoms with Crippen LogP contribution in [0, 0.1) is 5.82 Å². The van der Waals surface area contributed by atoms with Gasteiger partial charge in [-0.25, -0.2) is 9.37 Å². The molecule has 0 saturated carbocycles. The van der Waals surface area contributed by atoms with Crippen molar-refractivity contribution < 1.29 is 9.18 Å². The maximum atomic E-state index is 13.8. The standard InChI is InChI=1S/C19H18FN3OS/c1-3-13-8-10-14(11-9-13)17(24)12(2)25-19-21-18(22-23-19)15-6-4-5-7-16(15)20/h4-12H,3H2,1-2H3,(H,21,22,23). The summed E-state index contributed by atoms with van der Waals surface area (Å²) in [5.74, 6) is 0.00720. The van der Waals surface area contributed by atoms with Gasteiger partial charge in [0.05, 0.1) is 10.8 Å². The Morgan fingerprint density at radius 1 is 1.20 bits per heavy atom. The zero-order chi connectivity index (χ0) is 17.8. The number of hydrogen-bond acceptors (Lipinski definition) is 4. The highest BCUT2D eigenvalue weighted by atomic mass is 32.2. The molecule has 0 aliphatic carbocycles. The fourth-order valence-electron chi connectivity index (χ4n) is 2.42. The molecule has 0 radical (unpaired) electrons. The Morgan fingerprint density at radius 3 is 2.60 bits per heavy atom. The molecule has 1 aromatic heterocycles. The Morgan fingerprint density at radius 2 is 1.92 bits per heavy atom. The molecule has 3 aromatic rings. The molecule has 128 valence electrons. The molecule has 4 nitrogen and oxygen atoms in total. The first kappa shape index (κ1) is 17.4. The number of halogens is 1. The smallest absolute Gasteiger partial charge is 0.209 e. The average Bonchev–Trinajstić information content (AvgIpc) is 3.09. The molecule has 1 unspecified atom stereocenters. The van der Waals surface area contributed by atoms with Crippen LogP contribution in [0.15, 0.2) is 53.7 Å². The van der Waals surface area contributed by atoms with Crippen LogP contribution in [0.5, 0.6) is 0 Å². The van der Waals surface area contributed by atoms with E-state index < -0.39 is 0 Å². The number of aryl methyl sites for hydroxylation is 1. The molecule has 3 rings (SSSR count). The van der Waals surface area contributed by atoms with E-state index in [1.807, 2.05) is 31.2 Å². The lowest BCUT2D eigenvalue weighted by Crippen LogP contribution is -2.13. The SMILES string of the molecule is CCc1ccc(C(=O)C(C)Sc2n[nH]c(-c3ccccc3F)n2)cc1. The molecule has 25 heavy (non-hydrogen) atoms. The zero-order valence-corrected chi connectivity index (χ0v) is 14.8. The number of nitrogens with zero attached hydrogens (tertiary/aromatic N) is 2. The largest absolute Gasteiger partial charge is 0.293 e. The van der Waals surface area contributed by atoms with Crippen LogP contribution in [-0.4, -0.2) is 26.2 Å². The Hall–Kier alpha value is -2.47. The van der Waals surface area contributed by atoms with Gasteiger partial charge in [-0.2, -0.15) is 0 Å². The minimum atomic E-state index is -0.365. The highest BCUT2D eigenvalue weighted by Gasteiger charge is 2.19. The number of aromatic amines is 1. The first-order chi connectivity index (χ1) is 12.1. The second kappa shape index (κ2) is 7.61.